The SMILES string of the molecule is COCCCNC(=S)N(Cc1ccccc1C(F)(F)F)C[C@H](C)NC(=O)Cc1cncn1Cc1ccc(C#N)cc1. The highest BCUT2D eigenvalue weighted by Gasteiger charge is 2.33. The predicted octanol–water partition coefficient (Wildman–Crippen LogP) is 4.28. The van der Waals surface area contributed by atoms with Gasteiger partial charge in [0.15, 0.2) is 5.11 Å². The van der Waals surface area contributed by atoms with E-state index in [0.29, 0.717) is 42.5 Å². The van der Waals surface area contributed by atoms with Gasteiger partial charge in [0, 0.05) is 57.8 Å². The molecule has 1 heterocycles. The van der Waals surface area contributed by atoms with Gasteiger partial charge in [0.05, 0.1) is 29.9 Å². The number of nitrogens with one attached hydrogen (secondary N) is 2. The third-order valence-electron chi connectivity index (χ3n) is 6.25. The van der Waals surface area contributed by atoms with Crippen molar-refractivity contribution in [2.45, 2.75) is 45.1 Å². The maximum Gasteiger partial charge on any atom is 0.416 e. The number of hydrogen-bond donors (Lipinski definition) is 2. The van der Waals surface area contributed by atoms with Crippen molar-refractivity contribution in [2.24, 2.45) is 0 Å². The fourth-order valence-electron chi connectivity index (χ4n) is 4.27. The number of imidazole rings is 1. The molecule has 0 aliphatic carbocycles. The quantitative estimate of drug-likeness (QED) is 0.228. The lowest BCUT2D eigenvalue weighted by molar-refractivity contribution is -0.138. The fraction of sp³-hybridized carbons (Fsp3) is 0.379. The lowest BCUT2D eigenvalue weighted by atomic mass is 10.1. The van der Waals surface area contributed by atoms with Crippen LogP contribution >= 0.6 is 12.2 Å². The Morgan fingerprint density at radius 1 is 1.22 bits per heavy atom. The Balaban J connectivity index is 1.65. The summed E-state index contributed by atoms with van der Waals surface area (Å²) in [7, 11) is 1.59. The highest BCUT2D eigenvalue weighted by atomic mass is 32.1. The molecule has 0 aliphatic heterocycles. The zero-order valence-corrected chi connectivity index (χ0v) is 23.8. The minimum Gasteiger partial charge on any atom is -0.385 e. The zero-order chi connectivity index (χ0) is 29.8. The predicted molar refractivity (Wildman–Crippen MR) is 153 cm³/mol. The molecule has 218 valence electrons. The number of rotatable bonds is 13. The molecule has 0 bridgehead atoms. The summed E-state index contributed by atoms with van der Waals surface area (Å²) in [5.41, 5.74) is 1.59. The molecule has 0 spiro atoms. The molecule has 1 atom stereocenters. The molecule has 0 saturated heterocycles. The number of carbonyl (C=O) groups excluding carboxylic acids is 1. The summed E-state index contributed by atoms with van der Waals surface area (Å²) in [6, 6.07) is 14.2. The number of ether oxygens (including phenoxy) is 1. The first-order chi connectivity index (χ1) is 19.6. The number of halogens is 3. The number of amides is 1. The maximum atomic E-state index is 13.6. The van der Waals surface area contributed by atoms with Crippen LogP contribution in [-0.4, -0.2) is 58.3 Å². The summed E-state index contributed by atoms with van der Waals surface area (Å²) in [6.07, 6.45) is -0.509. The van der Waals surface area contributed by atoms with E-state index in [0.717, 1.165) is 11.6 Å². The second kappa shape index (κ2) is 15.2. The van der Waals surface area contributed by atoms with Gasteiger partial charge >= 0.3 is 6.18 Å². The molecular weight excluding hydrogens is 553 g/mol. The molecule has 0 saturated carbocycles. The Kier molecular flexibility index (Phi) is 11.7. The van der Waals surface area contributed by atoms with Crippen molar-refractivity contribution in [3.63, 3.8) is 0 Å². The fourth-order valence-corrected chi connectivity index (χ4v) is 4.51. The largest absolute Gasteiger partial charge is 0.416 e. The Labute approximate surface area is 243 Å². The van der Waals surface area contributed by atoms with E-state index in [9.17, 15) is 18.0 Å². The average Bonchev–Trinajstić information content (AvgIpc) is 3.36. The summed E-state index contributed by atoms with van der Waals surface area (Å²) in [6.45, 7) is 3.39. The van der Waals surface area contributed by atoms with E-state index in [2.05, 4.69) is 21.7 Å². The minimum atomic E-state index is -4.50. The summed E-state index contributed by atoms with van der Waals surface area (Å²) < 4.78 is 47.8. The van der Waals surface area contributed by atoms with Gasteiger partial charge in [-0.15, -0.1) is 0 Å². The number of thiocarbonyl (C=S) groups is 1. The molecule has 0 aliphatic rings. The van der Waals surface area contributed by atoms with Crippen molar-refractivity contribution in [3.8, 4) is 6.07 Å². The van der Waals surface area contributed by atoms with Gasteiger partial charge in [-0.05, 0) is 54.9 Å². The third-order valence-corrected chi connectivity index (χ3v) is 6.65. The van der Waals surface area contributed by atoms with E-state index in [1.165, 1.54) is 12.1 Å². The first-order valence-electron chi connectivity index (χ1n) is 13.0. The molecule has 12 heteroatoms. The van der Waals surface area contributed by atoms with E-state index in [1.807, 2.05) is 16.7 Å². The second-order valence-electron chi connectivity index (χ2n) is 9.58. The van der Waals surface area contributed by atoms with Crippen molar-refractivity contribution in [3.05, 3.63) is 89.0 Å². The molecule has 0 unspecified atom stereocenters. The normalized spacial score (nSPS) is 11.9. The zero-order valence-electron chi connectivity index (χ0n) is 22.9. The average molecular weight is 587 g/mol. The van der Waals surface area contributed by atoms with Crippen molar-refractivity contribution in [2.75, 3.05) is 26.8 Å². The van der Waals surface area contributed by atoms with Crippen LogP contribution in [0, 0.1) is 11.3 Å². The molecular formula is C29H33F3N6O2S. The van der Waals surface area contributed by atoms with E-state index < -0.39 is 17.8 Å². The molecule has 41 heavy (non-hydrogen) atoms. The maximum absolute atomic E-state index is 13.6. The number of nitrogens with zero attached hydrogens (tertiary/aromatic N) is 4. The van der Waals surface area contributed by atoms with Crippen LogP contribution in [0.15, 0.2) is 61.1 Å². The molecule has 3 aromatic rings. The number of nitriles is 1. The number of hydrogen-bond acceptors (Lipinski definition) is 5. The van der Waals surface area contributed by atoms with Crippen LogP contribution in [0.3, 0.4) is 0 Å². The van der Waals surface area contributed by atoms with Crippen molar-refractivity contribution >= 4 is 23.2 Å². The first kappa shape index (κ1) is 31.6. The van der Waals surface area contributed by atoms with Crippen LogP contribution in [0.1, 0.15) is 41.3 Å². The molecule has 1 aromatic heterocycles. The number of aromatic nitrogens is 2. The van der Waals surface area contributed by atoms with Gasteiger partial charge in [0.2, 0.25) is 5.91 Å². The van der Waals surface area contributed by atoms with Crippen molar-refractivity contribution in [1.29, 1.82) is 5.26 Å². The van der Waals surface area contributed by atoms with Crippen LogP contribution in [-0.2, 0) is 35.2 Å². The highest BCUT2D eigenvalue weighted by molar-refractivity contribution is 7.80. The number of benzene rings is 2. The Hall–Kier alpha value is -3.95. The van der Waals surface area contributed by atoms with E-state index >= 15 is 0 Å². The Bertz CT molecular complexity index is 1340. The summed E-state index contributed by atoms with van der Waals surface area (Å²) >= 11 is 5.53. The Morgan fingerprint density at radius 3 is 2.63 bits per heavy atom. The van der Waals surface area contributed by atoms with Crippen LogP contribution in [0.5, 0.6) is 0 Å². The summed E-state index contributed by atoms with van der Waals surface area (Å²) in [4.78, 5) is 18.7. The molecule has 2 N–H and O–H groups in total. The minimum absolute atomic E-state index is 0.0667. The van der Waals surface area contributed by atoms with Gasteiger partial charge in [-0.1, -0.05) is 30.3 Å². The van der Waals surface area contributed by atoms with E-state index in [4.69, 9.17) is 22.2 Å². The van der Waals surface area contributed by atoms with Crippen molar-refractivity contribution < 1.29 is 22.7 Å². The van der Waals surface area contributed by atoms with Gasteiger partial charge in [0.1, 0.15) is 0 Å². The molecule has 0 fully saturated rings. The molecule has 3 rings (SSSR count). The smallest absolute Gasteiger partial charge is 0.385 e. The standard InChI is InChI=1S/C29H33F3N6O2S/c1-21(36-27(39)14-25-16-34-20-38(25)18-23-10-8-22(15-33)9-11-23)17-37(28(41)35-12-5-13-40-2)19-24-6-3-4-7-26(24)29(30,31)32/h3-4,6-11,16,20-21H,5,12-14,17-19H2,1-2H3,(H,35,41)(H,36,39)/t21-/m0/s1. The monoisotopic (exact) mass is 586 g/mol. The van der Waals surface area contributed by atoms with Gasteiger partial charge in [-0.2, -0.15) is 18.4 Å². The Morgan fingerprint density at radius 2 is 1.95 bits per heavy atom. The lowest BCUT2D eigenvalue weighted by Gasteiger charge is -2.30. The van der Waals surface area contributed by atoms with Crippen molar-refractivity contribution in [1.82, 2.24) is 25.1 Å². The van der Waals surface area contributed by atoms with Crippen LogP contribution in [0.4, 0.5) is 13.2 Å². The topological polar surface area (TPSA) is 95.2 Å². The number of carbonyl (C=O) groups is 1. The highest BCUT2D eigenvalue weighted by Crippen LogP contribution is 2.32. The van der Waals surface area contributed by atoms with Crippen LogP contribution in [0.25, 0.3) is 0 Å². The third kappa shape index (κ3) is 9.88. The van der Waals surface area contributed by atoms with Crippen LogP contribution in [0.2, 0.25) is 0 Å². The van der Waals surface area contributed by atoms with Gasteiger partial charge < -0.3 is 24.8 Å². The first-order valence-corrected chi connectivity index (χ1v) is 13.5. The van der Waals surface area contributed by atoms with E-state index in [1.54, 1.807) is 49.7 Å². The number of methoxy groups -OCH3 is 1. The lowest BCUT2D eigenvalue weighted by Crippen LogP contribution is -2.48. The van der Waals surface area contributed by atoms with Gasteiger partial charge in [0.25, 0.3) is 0 Å². The molecule has 1 amide bonds. The summed E-state index contributed by atoms with van der Waals surface area (Å²) in [5, 5.41) is 15.3. The van der Waals surface area contributed by atoms with Crippen LogP contribution < -0.4 is 10.6 Å². The number of alkyl halides is 3. The molecule has 2 aromatic carbocycles. The van der Waals surface area contributed by atoms with Gasteiger partial charge in [-0.25, -0.2) is 4.98 Å². The molecule has 0 radical (unpaired) electrons. The molecule has 8 nitrogen and oxygen atoms in total. The summed E-state index contributed by atoms with van der Waals surface area (Å²) in [5.74, 6) is -0.256. The second-order valence-corrected chi connectivity index (χ2v) is 9.97. The van der Waals surface area contributed by atoms with Gasteiger partial charge in [-0.3, -0.25) is 4.79 Å². The van der Waals surface area contributed by atoms with E-state index in [-0.39, 0.29) is 31.0 Å².